The number of benzene rings is 1. The SMILES string of the molecule is Cn1cc([C@@]2(C)CN(Cc3ccc(O)c(Cl)c3)CCO2)cn1. The number of nitrogens with zero attached hydrogens (tertiary/aromatic N) is 3. The minimum absolute atomic E-state index is 0.118. The molecule has 1 aromatic carbocycles. The molecule has 1 fully saturated rings. The number of phenolic OH excluding ortho intramolecular Hbond substituents is 1. The Balaban J connectivity index is 1.74. The van der Waals surface area contributed by atoms with Crippen molar-refractivity contribution in [1.29, 1.82) is 0 Å². The van der Waals surface area contributed by atoms with Crippen molar-refractivity contribution >= 4 is 11.6 Å². The monoisotopic (exact) mass is 321 g/mol. The number of phenols is 1. The van der Waals surface area contributed by atoms with Gasteiger partial charge in [-0.3, -0.25) is 9.58 Å². The fourth-order valence-electron chi connectivity index (χ4n) is 2.86. The molecule has 0 amide bonds. The second-order valence-electron chi connectivity index (χ2n) is 5.98. The van der Waals surface area contributed by atoms with Gasteiger partial charge in [0.25, 0.3) is 0 Å². The molecular weight excluding hydrogens is 302 g/mol. The van der Waals surface area contributed by atoms with Crippen LogP contribution in [0.25, 0.3) is 0 Å². The molecule has 1 atom stereocenters. The summed E-state index contributed by atoms with van der Waals surface area (Å²) in [4.78, 5) is 2.33. The van der Waals surface area contributed by atoms with Crippen LogP contribution in [-0.2, 0) is 23.9 Å². The van der Waals surface area contributed by atoms with E-state index in [1.165, 1.54) is 0 Å². The molecule has 3 rings (SSSR count). The average Bonchev–Trinajstić information content (AvgIpc) is 2.91. The van der Waals surface area contributed by atoms with E-state index in [1.54, 1.807) is 10.7 Å². The number of aromatic nitrogens is 2. The fourth-order valence-corrected chi connectivity index (χ4v) is 3.07. The van der Waals surface area contributed by atoms with Gasteiger partial charge < -0.3 is 9.84 Å². The van der Waals surface area contributed by atoms with Crippen molar-refractivity contribution in [2.45, 2.75) is 19.1 Å². The van der Waals surface area contributed by atoms with E-state index in [-0.39, 0.29) is 11.4 Å². The van der Waals surface area contributed by atoms with Crippen LogP contribution in [0.5, 0.6) is 5.75 Å². The zero-order valence-electron chi connectivity index (χ0n) is 12.8. The van der Waals surface area contributed by atoms with Crippen molar-refractivity contribution < 1.29 is 9.84 Å². The van der Waals surface area contributed by atoms with E-state index < -0.39 is 0 Å². The van der Waals surface area contributed by atoms with Crippen LogP contribution in [0.15, 0.2) is 30.6 Å². The maximum Gasteiger partial charge on any atom is 0.134 e. The van der Waals surface area contributed by atoms with Crippen LogP contribution in [0.1, 0.15) is 18.1 Å². The van der Waals surface area contributed by atoms with Crippen molar-refractivity contribution in [2.24, 2.45) is 7.05 Å². The molecule has 1 aromatic heterocycles. The number of ether oxygens (including phenoxy) is 1. The first-order valence-electron chi connectivity index (χ1n) is 7.29. The van der Waals surface area contributed by atoms with Crippen molar-refractivity contribution in [3.8, 4) is 5.75 Å². The Morgan fingerprint density at radius 3 is 2.95 bits per heavy atom. The van der Waals surface area contributed by atoms with Crippen molar-refractivity contribution in [3.05, 3.63) is 46.7 Å². The van der Waals surface area contributed by atoms with E-state index in [4.69, 9.17) is 16.3 Å². The summed E-state index contributed by atoms with van der Waals surface area (Å²) in [5.74, 6) is 0.118. The van der Waals surface area contributed by atoms with Gasteiger partial charge in [-0.25, -0.2) is 0 Å². The molecule has 0 unspecified atom stereocenters. The molecule has 0 saturated carbocycles. The van der Waals surface area contributed by atoms with Gasteiger partial charge in [0.15, 0.2) is 0 Å². The molecule has 22 heavy (non-hydrogen) atoms. The lowest BCUT2D eigenvalue weighted by Gasteiger charge is -2.40. The van der Waals surface area contributed by atoms with Gasteiger partial charge in [-0.2, -0.15) is 5.10 Å². The molecule has 1 saturated heterocycles. The molecule has 1 aliphatic heterocycles. The van der Waals surface area contributed by atoms with Gasteiger partial charge in [0.05, 0.1) is 17.8 Å². The summed E-state index contributed by atoms with van der Waals surface area (Å²) in [6, 6.07) is 5.35. The first-order valence-corrected chi connectivity index (χ1v) is 7.67. The fraction of sp³-hybridized carbons (Fsp3) is 0.438. The number of halogens is 1. The first-order chi connectivity index (χ1) is 10.5. The number of rotatable bonds is 3. The minimum Gasteiger partial charge on any atom is -0.506 e. The summed E-state index contributed by atoms with van der Waals surface area (Å²) in [5, 5.41) is 14.1. The van der Waals surface area contributed by atoms with Crippen LogP contribution >= 0.6 is 11.6 Å². The predicted molar refractivity (Wildman–Crippen MR) is 84.9 cm³/mol. The Kier molecular flexibility index (Phi) is 4.12. The predicted octanol–water partition coefficient (Wildman–Crippen LogP) is 2.53. The summed E-state index contributed by atoms with van der Waals surface area (Å²) in [5.41, 5.74) is 1.81. The summed E-state index contributed by atoms with van der Waals surface area (Å²) >= 11 is 5.98. The highest BCUT2D eigenvalue weighted by molar-refractivity contribution is 6.32. The molecule has 0 bridgehead atoms. The van der Waals surface area contributed by atoms with E-state index in [9.17, 15) is 5.11 Å². The van der Waals surface area contributed by atoms with Crippen LogP contribution in [0.2, 0.25) is 5.02 Å². The third-order valence-corrected chi connectivity index (χ3v) is 4.39. The molecule has 2 aromatic rings. The lowest BCUT2D eigenvalue weighted by atomic mass is 9.96. The second kappa shape index (κ2) is 5.91. The standard InChI is InChI=1S/C16H20ClN3O2/c1-16(13-8-18-19(2)10-13)11-20(5-6-22-16)9-12-3-4-15(21)14(17)7-12/h3-4,7-8,10,21H,5-6,9,11H2,1-2H3/t16-/m1/s1. The van der Waals surface area contributed by atoms with Gasteiger partial charge >= 0.3 is 0 Å². The molecule has 5 nitrogen and oxygen atoms in total. The molecule has 0 radical (unpaired) electrons. The molecule has 1 aliphatic rings. The summed E-state index contributed by atoms with van der Waals surface area (Å²) in [6.45, 7) is 5.21. The molecular formula is C16H20ClN3O2. The number of aryl methyl sites for hydroxylation is 1. The van der Waals surface area contributed by atoms with Gasteiger partial charge in [0.2, 0.25) is 0 Å². The Morgan fingerprint density at radius 2 is 2.27 bits per heavy atom. The van der Waals surface area contributed by atoms with Gasteiger partial charge in [-0.1, -0.05) is 17.7 Å². The molecule has 1 N–H and O–H groups in total. The Labute approximate surface area is 135 Å². The van der Waals surface area contributed by atoms with Crippen molar-refractivity contribution in [3.63, 3.8) is 0 Å². The van der Waals surface area contributed by atoms with Crippen LogP contribution in [0, 0.1) is 0 Å². The smallest absolute Gasteiger partial charge is 0.134 e. The van der Waals surface area contributed by atoms with Crippen molar-refractivity contribution in [1.82, 2.24) is 14.7 Å². The maximum absolute atomic E-state index is 9.51. The topological polar surface area (TPSA) is 50.5 Å². The third-order valence-electron chi connectivity index (χ3n) is 4.09. The first kappa shape index (κ1) is 15.3. The second-order valence-corrected chi connectivity index (χ2v) is 6.39. The van der Waals surface area contributed by atoms with Crippen LogP contribution in [0.3, 0.4) is 0 Å². The molecule has 118 valence electrons. The molecule has 0 spiro atoms. The maximum atomic E-state index is 9.51. The van der Waals surface area contributed by atoms with Gasteiger partial charge in [-0.15, -0.1) is 0 Å². The number of hydrogen-bond donors (Lipinski definition) is 1. The highest BCUT2D eigenvalue weighted by Crippen LogP contribution is 2.30. The minimum atomic E-state index is -0.354. The van der Waals surface area contributed by atoms with Gasteiger partial charge in [-0.05, 0) is 24.6 Å². The molecule has 2 heterocycles. The highest BCUT2D eigenvalue weighted by Gasteiger charge is 2.34. The normalized spacial score (nSPS) is 22.9. The molecule has 6 heteroatoms. The third kappa shape index (κ3) is 3.11. The Bertz CT molecular complexity index is 673. The lowest BCUT2D eigenvalue weighted by Crippen LogP contribution is -2.47. The van der Waals surface area contributed by atoms with Gasteiger partial charge in [0, 0.05) is 38.4 Å². The Morgan fingerprint density at radius 1 is 1.45 bits per heavy atom. The highest BCUT2D eigenvalue weighted by atomic mass is 35.5. The summed E-state index contributed by atoms with van der Waals surface area (Å²) in [7, 11) is 1.91. The van der Waals surface area contributed by atoms with E-state index in [1.807, 2.05) is 31.6 Å². The molecule has 0 aliphatic carbocycles. The summed E-state index contributed by atoms with van der Waals surface area (Å²) in [6.07, 6.45) is 3.86. The van der Waals surface area contributed by atoms with Crippen molar-refractivity contribution in [2.75, 3.05) is 19.7 Å². The van der Waals surface area contributed by atoms with Crippen LogP contribution < -0.4 is 0 Å². The summed E-state index contributed by atoms with van der Waals surface area (Å²) < 4.78 is 7.81. The zero-order chi connectivity index (χ0) is 15.7. The zero-order valence-corrected chi connectivity index (χ0v) is 13.5. The average molecular weight is 322 g/mol. The number of morpholine rings is 1. The number of hydrogen-bond acceptors (Lipinski definition) is 4. The largest absolute Gasteiger partial charge is 0.506 e. The van der Waals surface area contributed by atoms with Crippen LogP contribution in [-0.4, -0.2) is 39.5 Å². The Hall–Kier alpha value is -1.56. The van der Waals surface area contributed by atoms with E-state index >= 15 is 0 Å². The number of aromatic hydroxyl groups is 1. The van der Waals surface area contributed by atoms with Gasteiger partial charge in [0.1, 0.15) is 11.4 Å². The van der Waals surface area contributed by atoms with Crippen LogP contribution in [0.4, 0.5) is 0 Å². The van der Waals surface area contributed by atoms with E-state index in [0.29, 0.717) is 11.6 Å². The lowest BCUT2D eigenvalue weighted by molar-refractivity contribution is -0.105. The van der Waals surface area contributed by atoms with E-state index in [0.717, 1.165) is 30.8 Å². The quantitative estimate of drug-likeness (QED) is 0.944. The van der Waals surface area contributed by atoms with E-state index in [2.05, 4.69) is 16.9 Å².